The summed E-state index contributed by atoms with van der Waals surface area (Å²) >= 11 is 0. The van der Waals surface area contributed by atoms with E-state index in [1.807, 2.05) is 0 Å². The summed E-state index contributed by atoms with van der Waals surface area (Å²) in [5.41, 5.74) is 6.33. The van der Waals surface area contributed by atoms with Gasteiger partial charge in [0.05, 0.1) is 19.8 Å². The maximum absolute atomic E-state index is 13.2. The van der Waals surface area contributed by atoms with Crippen LogP contribution in [0.2, 0.25) is 0 Å². The predicted molar refractivity (Wildman–Crippen MR) is 52.3 cm³/mol. The number of nitrogens with two attached hydrogens (primary N) is 1. The maximum Gasteiger partial charge on any atom is 0.130 e. The summed E-state index contributed by atoms with van der Waals surface area (Å²) in [6, 6.07) is 4.56. The minimum Gasteiger partial charge on any atom is -0.399 e. The van der Waals surface area contributed by atoms with Crippen LogP contribution in [0.15, 0.2) is 18.2 Å². The summed E-state index contributed by atoms with van der Waals surface area (Å²) in [7, 11) is 1.59. The Bertz CT molecular complexity index is 291. The quantitative estimate of drug-likeness (QED) is 0.578. The molecular weight excluding hydrogens is 185 g/mol. The fourth-order valence-corrected chi connectivity index (χ4v) is 1.01. The van der Waals surface area contributed by atoms with Gasteiger partial charge in [-0.1, -0.05) is 6.07 Å². The van der Waals surface area contributed by atoms with Crippen molar-refractivity contribution in [3.05, 3.63) is 29.6 Å². The molecule has 2 N–H and O–H groups in total. The van der Waals surface area contributed by atoms with E-state index in [9.17, 15) is 4.39 Å². The number of ether oxygens (including phenoxy) is 2. The molecule has 78 valence electrons. The van der Waals surface area contributed by atoms with Crippen LogP contribution in [-0.2, 0) is 16.1 Å². The number of hydrogen-bond donors (Lipinski definition) is 1. The third kappa shape index (κ3) is 3.32. The lowest BCUT2D eigenvalue weighted by Gasteiger charge is -2.05. The standard InChI is InChI=1S/C10H14FNO2/c1-13-4-5-14-7-8-2-3-9(12)6-10(8)11/h2-3,6H,4-5,7,12H2,1H3. The van der Waals surface area contributed by atoms with Crippen molar-refractivity contribution >= 4 is 5.69 Å². The molecule has 0 aliphatic heterocycles. The second-order valence-electron chi connectivity index (χ2n) is 2.90. The van der Waals surface area contributed by atoms with Crippen molar-refractivity contribution < 1.29 is 13.9 Å². The van der Waals surface area contributed by atoms with Crippen molar-refractivity contribution in [3.63, 3.8) is 0 Å². The Morgan fingerprint density at radius 2 is 2.14 bits per heavy atom. The number of halogens is 1. The second-order valence-corrected chi connectivity index (χ2v) is 2.90. The highest BCUT2D eigenvalue weighted by Gasteiger charge is 2.01. The zero-order valence-corrected chi connectivity index (χ0v) is 8.13. The molecule has 0 saturated heterocycles. The van der Waals surface area contributed by atoms with Gasteiger partial charge in [0.1, 0.15) is 5.82 Å². The van der Waals surface area contributed by atoms with Gasteiger partial charge in [-0.3, -0.25) is 0 Å². The number of benzene rings is 1. The van der Waals surface area contributed by atoms with Gasteiger partial charge >= 0.3 is 0 Å². The average Bonchev–Trinajstić information content (AvgIpc) is 2.15. The molecule has 14 heavy (non-hydrogen) atoms. The molecule has 0 bridgehead atoms. The molecule has 0 radical (unpaired) electrons. The zero-order chi connectivity index (χ0) is 10.4. The van der Waals surface area contributed by atoms with E-state index < -0.39 is 0 Å². The monoisotopic (exact) mass is 199 g/mol. The maximum atomic E-state index is 13.2. The van der Waals surface area contributed by atoms with Gasteiger partial charge < -0.3 is 15.2 Å². The summed E-state index contributed by atoms with van der Waals surface area (Å²) in [5, 5.41) is 0. The van der Waals surface area contributed by atoms with Crippen LogP contribution < -0.4 is 5.73 Å². The van der Waals surface area contributed by atoms with E-state index in [2.05, 4.69) is 0 Å². The highest BCUT2D eigenvalue weighted by molar-refractivity contribution is 5.40. The topological polar surface area (TPSA) is 44.5 Å². The molecule has 0 aliphatic carbocycles. The largest absolute Gasteiger partial charge is 0.399 e. The molecule has 0 saturated carbocycles. The molecule has 0 aliphatic rings. The molecule has 1 rings (SSSR count). The molecule has 0 unspecified atom stereocenters. The Labute approximate surface area is 82.6 Å². The van der Waals surface area contributed by atoms with E-state index in [1.54, 1.807) is 19.2 Å². The van der Waals surface area contributed by atoms with Gasteiger partial charge in [0.15, 0.2) is 0 Å². The van der Waals surface area contributed by atoms with Crippen LogP contribution in [0.1, 0.15) is 5.56 Å². The Kier molecular flexibility index (Phi) is 4.35. The molecule has 0 amide bonds. The molecule has 1 aromatic rings. The number of nitrogen functional groups attached to an aromatic ring is 1. The van der Waals surface area contributed by atoms with Gasteiger partial charge in [0.2, 0.25) is 0 Å². The lowest BCUT2D eigenvalue weighted by atomic mass is 10.2. The van der Waals surface area contributed by atoms with E-state index in [0.29, 0.717) is 24.5 Å². The van der Waals surface area contributed by atoms with E-state index in [1.165, 1.54) is 6.07 Å². The minimum absolute atomic E-state index is 0.246. The average molecular weight is 199 g/mol. The summed E-state index contributed by atoms with van der Waals surface area (Å²) in [5.74, 6) is -0.331. The van der Waals surface area contributed by atoms with Crippen LogP contribution in [0.3, 0.4) is 0 Å². The molecule has 0 fully saturated rings. The molecule has 0 atom stereocenters. The number of methoxy groups -OCH3 is 1. The Morgan fingerprint density at radius 1 is 1.36 bits per heavy atom. The van der Waals surface area contributed by atoms with Gasteiger partial charge in [-0.2, -0.15) is 0 Å². The molecule has 0 aromatic heterocycles. The van der Waals surface area contributed by atoms with Crippen LogP contribution in [0.25, 0.3) is 0 Å². The number of anilines is 1. The van der Waals surface area contributed by atoms with Crippen molar-refractivity contribution in [3.8, 4) is 0 Å². The van der Waals surface area contributed by atoms with Crippen LogP contribution in [0.4, 0.5) is 10.1 Å². The Morgan fingerprint density at radius 3 is 2.79 bits per heavy atom. The van der Waals surface area contributed by atoms with Gasteiger partial charge in [0.25, 0.3) is 0 Å². The number of rotatable bonds is 5. The van der Waals surface area contributed by atoms with Crippen molar-refractivity contribution in [2.75, 3.05) is 26.1 Å². The van der Waals surface area contributed by atoms with Crippen molar-refractivity contribution in [2.45, 2.75) is 6.61 Å². The lowest BCUT2D eigenvalue weighted by Crippen LogP contribution is -2.03. The summed E-state index contributed by atoms with van der Waals surface area (Å²) in [6.45, 7) is 1.21. The molecule has 1 aromatic carbocycles. The third-order valence-corrected chi connectivity index (χ3v) is 1.77. The summed E-state index contributed by atoms with van der Waals surface area (Å²) in [6.07, 6.45) is 0. The molecule has 0 spiro atoms. The van der Waals surface area contributed by atoms with Crippen LogP contribution >= 0.6 is 0 Å². The first-order valence-corrected chi connectivity index (χ1v) is 4.34. The first-order valence-electron chi connectivity index (χ1n) is 4.34. The Balaban J connectivity index is 2.42. The molecule has 3 nitrogen and oxygen atoms in total. The fourth-order valence-electron chi connectivity index (χ4n) is 1.01. The van der Waals surface area contributed by atoms with E-state index in [-0.39, 0.29) is 12.4 Å². The van der Waals surface area contributed by atoms with Gasteiger partial charge in [-0.15, -0.1) is 0 Å². The van der Waals surface area contributed by atoms with E-state index >= 15 is 0 Å². The Hall–Kier alpha value is -1.13. The van der Waals surface area contributed by atoms with Gasteiger partial charge in [0, 0.05) is 18.4 Å². The summed E-state index contributed by atoms with van der Waals surface area (Å²) in [4.78, 5) is 0. The summed E-state index contributed by atoms with van der Waals surface area (Å²) < 4.78 is 23.1. The smallest absolute Gasteiger partial charge is 0.130 e. The van der Waals surface area contributed by atoms with Crippen molar-refractivity contribution in [1.29, 1.82) is 0 Å². The molecule has 4 heteroatoms. The van der Waals surface area contributed by atoms with Crippen molar-refractivity contribution in [2.24, 2.45) is 0 Å². The van der Waals surface area contributed by atoms with Crippen LogP contribution in [-0.4, -0.2) is 20.3 Å². The first-order chi connectivity index (χ1) is 6.74. The van der Waals surface area contributed by atoms with Gasteiger partial charge in [-0.25, -0.2) is 4.39 Å². The van der Waals surface area contributed by atoms with E-state index in [4.69, 9.17) is 15.2 Å². The molecule has 0 heterocycles. The first kappa shape index (κ1) is 10.9. The fraction of sp³-hybridized carbons (Fsp3) is 0.400. The van der Waals surface area contributed by atoms with Crippen molar-refractivity contribution in [1.82, 2.24) is 0 Å². The minimum atomic E-state index is -0.331. The zero-order valence-electron chi connectivity index (χ0n) is 8.13. The van der Waals surface area contributed by atoms with Gasteiger partial charge in [-0.05, 0) is 12.1 Å². The predicted octanol–water partition coefficient (Wildman–Crippen LogP) is 1.57. The van der Waals surface area contributed by atoms with Crippen LogP contribution in [0.5, 0.6) is 0 Å². The normalized spacial score (nSPS) is 10.4. The number of hydrogen-bond acceptors (Lipinski definition) is 3. The lowest BCUT2D eigenvalue weighted by molar-refractivity contribution is 0.0604. The SMILES string of the molecule is COCCOCc1ccc(N)cc1F. The van der Waals surface area contributed by atoms with Crippen LogP contribution in [0, 0.1) is 5.82 Å². The highest BCUT2D eigenvalue weighted by atomic mass is 19.1. The third-order valence-electron chi connectivity index (χ3n) is 1.77. The van der Waals surface area contributed by atoms with E-state index in [0.717, 1.165) is 0 Å². The molecular formula is C10H14FNO2. The second kappa shape index (κ2) is 5.57. The highest BCUT2D eigenvalue weighted by Crippen LogP contribution is 2.12.